The lowest BCUT2D eigenvalue weighted by molar-refractivity contribution is 0.248. The summed E-state index contributed by atoms with van der Waals surface area (Å²) in [4.78, 5) is 10.8. The van der Waals surface area contributed by atoms with E-state index >= 15 is 0 Å². The van der Waals surface area contributed by atoms with Gasteiger partial charge < -0.3 is 14.9 Å². The molecule has 0 spiro atoms. The SMILES string of the molecule is COc1cc(C/C=C(/C)CCC=C(C)C)c2cc/c(=N\NC(N)=O)oc2c1. The average Bonchev–Trinajstić information content (AvgIpc) is 2.63. The van der Waals surface area contributed by atoms with Crippen molar-refractivity contribution in [2.45, 2.75) is 40.0 Å². The van der Waals surface area contributed by atoms with Crippen LogP contribution in [-0.2, 0) is 6.42 Å². The predicted octanol–water partition coefficient (Wildman–Crippen LogP) is 4.16. The van der Waals surface area contributed by atoms with E-state index in [1.165, 1.54) is 11.1 Å². The number of allylic oxidation sites excluding steroid dienone is 4. The first-order valence-corrected chi connectivity index (χ1v) is 8.88. The van der Waals surface area contributed by atoms with Gasteiger partial charge in [-0.3, -0.25) is 0 Å². The van der Waals surface area contributed by atoms with Gasteiger partial charge in [-0.25, -0.2) is 10.2 Å². The normalized spacial score (nSPS) is 12.1. The highest BCUT2D eigenvalue weighted by Gasteiger charge is 2.06. The maximum absolute atomic E-state index is 10.8. The number of fused-ring (bicyclic) bond motifs is 1. The number of benzene rings is 1. The number of nitrogens with zero attached hydrogens (tertiary/aromatic N) is 1. The van der Waals surface area contributed by atoms with Gasteiger partial charge in [-0.1, -0.05) is 23.3 Å². The number of nitrogens with one attached hydrogen (secondary N) is 1. The van der Waals surface area contributed by atoms with Crippen LogP contribution in [0.15, 0.2) is 57.1 Å². The first kappa shape index (κ1) is 20.3. The van der Waals surface area contributed by atoms with Crippen molar-refractivity contribution in [3.05, 3.63) is 58.7 Å². The smallest absolute Gasteiger partial charge is 0.332 e. The number of hydrogen-bond donors (Lipinski definition) is 2. The van der Waals surface area contributed by atoms with E-state index < -0.39 is 6.03 Å². The van der Waals surface area contributed by atoms with Crippen LogP contribution in [0.3, 0.4) is 0 Å². The van der Waals surface area contributed by atoms with Crippen LogP contribution in [0.25, 0.3) is 11.0 Å². The number of rotatable bonds is 7. The van der Waals surface area contributed by atoms with E-state index in [0.29, 0.717) is 11.3 Å². The zero-order valence-electron chi connectivity index (χ0n) is 16.3. The molecule has 0 radical (unpaired) electrons. The van der Waals surface area contributed by atoms with Crippen LogP contribution >= 0.6 is 0 Å². The zero-order chi connectivity index (χ0) is 19.8. The molecular formula is C21H27N3O3. The van der Waals surface area contributed by atoms with E-state index in [0.717, 1.165) is 30.2 Å². The van der Waals surface area contributed by atoms with Gasteiger partial charge in [0.1, 0.15) is 11.3 Å². The Kier molecular flexibility index (Phi) is 7.23. The summed E-state index contributed by atoms with van der Waals surface area (Å²) in [6.07, 6.45) is 7.36. The highest BCUT2D eigenvalue weighted by atomic mass is 16.5. The van der Waals surface area contributed by atoms with Gasteiger partial charge in [-0.05, 0) is 57.7 Å². The van der Waals surface area contributed by atoms with Gasteiger partial charge >= 0.3 is 6.03 Å². The van der Waals surface area contributed by atoms with Crippen molar-refractivity contribution >= 4 is 17.0 Å². The lowest BCUT2D eigenvalue weighted by Crippen LogP contribution is -2.26. The quantitative estimate of drug-likeness (QED) is 0.567. The zero-order valence-corrected chi connectivity index (χ0v) is 16.3. The minimum absolute atomic E-state index is 0.258. The molecule has 0 saturated heterocycles. The first-order valence-electron chi connectivity index (χ1n) is 8.88. The predicted molar refractivity (Wildman–Crippen MR) is 107 cm³/mol. The van der Waals surface area contributed by atoms with E-state index in [1.54, 1.807) is 19.2 Å². The third kappa shape index (κ3) is 6.33. The lowest BCUT2D eigenvalue weighted by Gasteiger charge is -2.08. The average molecular weight is 369 g/mol. The lowest BCUT2D eigenvalue weighted by atomic mass is 10.0. The second kappa shape index (κ2) is 9.62. The second-order valence-electron chi connectivity index (χ2n) is 6.63. The van der Waals surface area contributed by atoms with Crippen LogP contribution in [0.5, 0.6) is 5.75 Å². The summed E-state index contributed by atoms with van der Waals surface area (Å²) in [6.45, 7) is 6.38. The molecular weight excluding hydrogens is 342 g/mol. The molecule has 2 amide bonds. The Morgan fingerprint density at radius 1 is 1.26 bits per heavy atom. The van der Waals surface area contributed by atoms with Gasteiger partial charge in [0.05, 0.1) is 7.11 Å². The molecule has 1 heterocycles. The van der Waals surface area contributed by atoms with Gasteiger partial charge in [-0.2, -0.15) is 0 Å². The number of carbonyl (C=O) groups is 1. The first-order chi connectivity index (χ1) is 12.9. The highest BCUT2D eigenvalue weighted by Crippen LogP contribution is 2.25. The van der Waals surface area contributed by atoms with Gasteiger partial charge in [0, 0.05) is 17.5 Å². The van der Waals surface area contributed by atoms with Crippen LogP contribution in [0.2, 0.25) is 0 Å². The summed E-state index contributed by atoms with van der Waals surface area (Å²) in [5.74, 6) is 0.705. The molecule has 6 nitrogen and oxygen atoms in total. The summed E-state index contributed by atoms with van der Waals surface area (Å²) in [6, 6.07) is 6.68. The standard InChI is InChI=1S/C21H27N3O3/c1-14(2)6-5-7-15(3)8-9-16-12-17(26-4)13-19-18(16)10-11-20(27-19)23-24-21(22)25/h6,8,10-13H,5,7,9H2,1-4H3,(H3,22,24,25)/b15-8-,23-20+. The van der Waals surface area contributed by atoms with Crippen molar-refractivity contribution in [3.8, 4) is 5.75 Å². The molecule has 1 aromatic heterocycles. The van der Waals surface area contributed by atoms with E-state index in [2.05, 4.69) is 43.5 Å². The molecule has 2 aromatic rings. The molecule has 27 heavy (non-hydrogen) atoms. The van der Waals surface area contributed by atoms with Crippen LogP contribution < -0.4 is 21.5 Å². The fourth-order valence-corrected chi connectivity index (χ4v) is 2.66. The molecule has 2 rings (SSSR count). The van der Waals surface area contributed by atoms with Crippen LogP contribution in [0, 0.1) is 0 Å². The van der Waals surface area contributed by atoms with Gasteiger partial charge in [-0.15, -0.1) is 5.10 Å². The molecule has 3 N–H and O–H groups in total. The Hall–Kier alpha value is -3.02. The van der Waals surface area contributed by atoms with E-state index in [-0.39, 0.29) is 5.55 Å². The third-order valence-electron chi connectivity index (χ3n) is 4.08. The van der Waals surface area contributed by atoms with E-state index in [4.69, 9.17) is 14.9 Å². The largest absolute Gasteiger partial charge is 0.497 e. The number of amides is 2. The molecule has 144 valence electrons. The summed E-state index contributed by atoms with van der Waals surface area (Å²) in [7, 11) is 1.62. The molecule has 0 unspecified atom stereocenters. The van der Waals surface area contributed by atoms with Crippen LogP contribution in [-0.4, -0.2) is 13.1 Å². The number of urea groups is 1. The van der Waals surface area contributed by atoms with Crippen molar-refractivity contribution in [1.29, 1.82) is 0 Å². The van der Waals surface area contributed by atoms with Crippen molar-refractivity contribution in [2.75, 3.05) is 7.11 Å². The Morgan fingerprint density at radius 3 is 2.70 bits per heavy atom. The van der Waals surface area contributed by atoms with Crippen LogP contribution in [0.4, 0.5) is 4.79 Å². The minimum Gasteiger partial charge on any atom is -0.497 e. The fraction of sp³-hybridized carbons (Fsp3) is 0.333. The van der Waals surface area contributed by atoms with E-state index in [9.17, 15) is 4.79 Å². The maximum atomic E-state index is 10.8. The van der Waals surface area contributed by atoms with E-state index in [1.807, 2.05) is 12.1 Å². The topological polar surface area (TPSA) is 89.9 Å². The molecule has 0 fully saturated rings. The maximum Gasteiger partial charge on any atom is 0.332 e. The third-order valence-corrected chi connectivity index (χ3v) is 4.08. The molecule has 0 bridgehead atoms. The van der Waals surface area contributed by atoms with Crippen molar-refractivity contribution in [3.63, 3.8) is 0 Å². The van der Waals surface area contributed by atoms with Gasteiger partial charge in [0.2, 0.25) is 5.55 Å². The Balaban J connectivity index is 2.31. The molecule has 0 aliphatic carbocycles. The molecule has 0 aliphatic rings. The molecule has 0 aliphatic heterocycles. The van der Waals surface area contributed by atoms with Crippen LogP contribution in [0.1, 0.15) is 39.2 Å². The number of methoxy groups -OCH3 is 1. The van der Waals surface area contributed by atoms with Crippen molar-refractivity contribution < 1.29 is 13.9 Å². The Bertz CT molecular complexity index is 935. The molecule has 6 heteroatoms. The summed E-state index contributed by atoms with van der Waals surface area (Å²) in [5.41, 5.74) is 11.9. The van der Waals surface area contributed by atoms with Gasteiger partial charge in [0.25, 0.3) is 0 Å². The highest BCUT2D eigenvalue weighted by molar-refractivity contribution is 5.82. The molecule has 0 saturated carbocycles. The fourth-order valence-electron chi connectivity index (χ4n) is 2.66. The number of hydrogen-bond acceptors (Lipinski definition) is 4. The van der Waals surface area contributed by atoms with Crippen molar-refractivity contribution in [2.24, 2.45) is 10.8 Å². The summed E-state index contributed by atoms with van der Waals surface area (Å²) < 4.78 is 11.1. The number of carbonyl (C=O) groups excluding carboxylic acids is 1. The number of primary amides is 1. The minimum atomic E-state index is -0.745. The summed E-state index contributed by atoms with van der Waals surface area (Å²) in [5, 5.41) is 4.79. The Morgan fingerprint density at radius 2 is 2.04 bits per heavy atom. The molecule has 1 aromatic carbocycles. The monoisotopic (exact) mass is 369 g/mol. The van der Waals surface area contributed by atoms with Gasteiger partial charge in [0.15, 0.2) is 0 Å². The number of ether oxygens (including phenoxy) is 1. The molecule has 0 atom stereocenters. The Labute approximate surface area is 159 Å². The number of nitrogens with two attached hydrogens (primary N) is 1. The summed E-state index contributed by atoms with van der Waals surface area (Å²) >= 11 is 0. The van der Waals surface area contributed by atoms with Crippen molar-refractivity contribution in [1.82, 2.24) is 5.43 Å². The second-order valence-corrected chi connectivity index (χ2v) is 6.63.